The van der Waals surface area contributed by atoms with Crippen LogP contribution < -0.4 is 5.73 Å². The Morgan fingerprint density at radius 2 is 1.80 bits per heavy atom. The average molecular weight is 281 g/mol. The van der Waals surface area contributed by atoms with Crippen LogP contribution in [-0.2, 0) is 0 Å². The van der Waals surface area contributed by atoms with Gasteiger partial charge in [0.05, 0.1) is 15.9 Å². The lowest BCUT2D eigenvalue weighted by Crippen LogP contribution is -2.09. The summed E-state index contributed by atoms with van der Waals surface area (Å²) in [6.45, 7) is 4.00. The standard InChI is InChI=1S/C16H15N3S/c1-9-7-8-10(2)14(17)13(9)15(20)16-18-11-5-3-4-6-12(11)19-16/h3-8H,17H2,1-2H3,(H,18,19). The summed E-state index contributed by atoms with van der Waals surface area (Å²) in [7, 11) is 0. The summed E-state index contributed by atoms with van der Waals surface area (Å²) in [5.41, 5.74) is 11.8. The van der Waals surface area contributed by atoms with Crippen LogP contribution in [0.3, 0.4) is 0 Å². The van der Waals surface area contributed by atoms with Gasteiger partial charge in [0.2, 0.25) is 0 Å². The molecule has 0 atom stereocenters. The first-order valence-corrected chi connectivity index (χ1v) is 6.84. The van der Waals surface area contributed by atoms with Crippen LogP contribution in [0.5, 0.6) is 0 Å². The van der Waals surface area contributed by atoms with Crippen LogP contribution in [0.4, 0.5) is 5.69 Å². The molecule has 0 saturated heterocycles. The molecule has 0 radical (unpaired) electrons. The second kappa shape index (κ2) is 4.72. The number of aromatic nitrogens is 2. The van der Waals surface area contributed by atoms with Crippen LogP contribution in [0.25, 0.3) is 11.0 Å². The summed E-state index contributed by atoms with van der Waals surface area (Å²) in [6, 6.07) is 11.9. The van der Waals surface area contributed by atoms with Crippen molar-refractivity contribution in [3.63, 3.8) is 0 Å². The number of rotatable bonds is 2. The maximum atomic E-state index is 6.19. The molecule has 0 bridgehead atoms. The van der Waals surface area contributed by atoms with Gasteiger partial charge in [-0.1, -0.05) is 36.5 Å². The molecule has 3 nitrogen and oxygen atoms in total. The van der Waals surface area contributed by atoms with Crippen molar-refractivity contribution >= 4 is 33.8 Å². The number of para-hydroxylation sites is 2. The Balaban J connectivity index is 2.15. The third-order valence-corrected chi connectivity index (χ3v) is 3.90. The number of hydrogen-bond donors (Lipinski definition) is 2. The van der Waals surface area contributed by atoms with E-state index in [1.54, 1.807) is 0 Å². The van der Waals surface area contributed by atoms with E-state index >= 15 is 0 Å². The van der Waals surface area contributed by atoms with E-state index < -0.39 is 0 Å². The molecule has 100 valence electrons. The number of aromatic amines is 1. The number of benzene rings is 2. The van der Waals surface area contributed by atoms with Crippen molar-refractivity contribution in [2.75, 3.05) is 5.73 Å². The largest absolute Gasteiger partial charge is 0.398 e. The molecule has 4 heteroatoms. The highest BCUT2D eigenvalue weighted by atomic mass is 32.1. The van der Waals surface area contributed by atoms with Crippen molar-refractivity contribution in [2.24, 2.45) is 0 Å². The predicted molar refractivity (Wildman–Crippen MR) is 87.2 cm³/mol. The Labute approximate surface area is 122 Å². The minimum atomic E-state index is 0.667. The molecule has 0 spiro atoms. The maximum Gasteiger partial charge on any atom is 0.150 e. The molecule has 0 aliphatic rings. The topological polar surface area (TPSA) is 54.7 Å². The van der Waals surface area contributed by atoms with E-state index in [0.29, 0.717) is 10.7 Å². The summed E-state index contributed by atoms with van der Waals surface area (Å²) < 4.78 is 0. The van der Waals surface area contributed by atoms with Crippen LogP contribution in [0.15, 0.2) is 36.4 Å². The quantitative estimate of drug-likeness (QED) is 0.429. The van der Waals surface area contributed by atoms with Crippen molar-refractivity contribution in [3.8, 4) is 0 Å². The van der Waals surface area contributed by atoms with Crippen molar-refractivity contribution in [2.45, 2.75) is 13.8 Å². The van der Waals surface area contributed by atoms with Crippen molar-refractivity contribution in [3.05, 3.63) is 58.9 Å². The fourth-order valence-corrected chi connectivity index (χ4v) is 2.68. The number of thiocarbonyl (C=S) groups is 1. The number of H-pyrrole nitrogens is 1. The first kappa shape index (κ1) is 12.8. The SMILES string of the molecule is Cc1ccc(C)c(C(=S)c2nc3ccccc3[nH]2)c1N. The highest BCUT2D eigenvalue weighted by Gasteiger charge is 2.15. The lowest BCUT2D eigenvalue weighted by Gasteiger charge is -2.11. The van der Waals surface area contributed by atoms with Gasteiger partial charge >= 0.3 is 0 Å². The zero-order valence-corrected chi connectivity index (χ0v) is 12.2. The first-order chi connectivity index (χ1) is 9.58. The monoisotopic (exact) mass is 281 g/mol. The van der Waals surface area contributed by atoms with E-state index in [4.69, 9.17) is 18.0 Å². The number of nitrogens with two attached hydrogens (primary N) is 1. The van der Waals surface area contributed by atoms with Crippen LogP contribution in [0.2, 0.25) is 0 Å². The molecule has 1 aromatic heterocycles. The van der Waals surface area contributed by atoms with E-state index in [2.05, 4.69) is 9.97 Å². The van der Waals surface area contributed by atoms with Gasteiger partial charge in [0.15, 0.2) is 0 Å². The van der Waals surface area contributed by atoms with E-state index in [1.165, 1.54) is 0 Å². The molecular formula is C16H15N3S. The van der Waals surface area contributed by atoms with Gasteiger partial charge in [-0.25, -0.2) is 4.98 Å². The van der Waals surface area contributed by atoms with Gasteiger partial charge in [0, 0.05) is 11.3 Å². The molecule has 3 N–H and O–H groups in total. The number of fused-ring (bicyclic) bond motifs is 1. The number of hydrogen-bond acceptors (Lipinski definition) is 3. The van der Waals surface area contributed by atoms with E-state index in [9.17, 15) is 0 Å². The molecule has 20 heavy (non-hydrogen) atoms. The van der Waals surface area contributed by atoms with Crippen molar-refractivity contribution in [1.82, 2.24) is 9.97 Å². The van der Waals surface area contributed by atoms with Gasteiger partial charge in [0.1, 0.15) is 5.82 Å². The molecule has 2 aromatic carbocycles. The zero-order valence-electron chi connectivity index (χ0n) is 11.4. The number of anilines is 1. The number of aryl methyl sites for hydroxylation is 2. The highest BCUT2D eigenvalue weighted by Crippen LogP contribution is 2.24. The smallest absolute Gasteiger partial charge is 0.150 e. The number of imidazole rings is 1. The fraction of sp³-hybridized carbons (Fsp3) is 0.125. The van der Waals surface area contributed by atoms with Crippen LogP contribution in [0, 0.1) is 13.8 Å². The Kier molecular flexibility index (Phi) is 3.03. The van der Waals surface area contributed by atoms with Gasteiger partial charge < -0.3 is 10.7 Å². The predicted octanol–water partition coefficient (Wildman–Crippen LogP) is 3.53. The Morgan fingerprint density at radius 3 is 2.55 bits per heavy atom. The molecule has 0 saturated carbocycles. The summed E-state index contributed by atoms with van der Waals surface area (Å²) in [6.07, 6.45) is 0. The van der Waals surface area contributed by atoms with Crippen LogP contribution in [0.1, 0.15) is 22.5 Å². The van der Waals surface area contributed by atoms with E-state index in [1.807, 2.05) is 50.2 Å². The molecule has 0 amide bonds. The molecule has 1 heterocycles. The van der Waals surface area contributed by atoms with E-state index in [0.717, 1.165) is 33.4 Å². The normalized spacial score (nSPS) is 10.9. The van der Waals surface area contributed by atoms with Crippen molar-refractivity contribution < 1.29 is 0 Å². The molecule has 0 aliphatic carbocycles. The lowest BCUT2D eigenvalue weighted by atomic mass is 9.99. The summed E-state index contributed by atoms with van der Waals surface area (Å²) >= 11 is 5.59. The number of nitrogen functional groups attached to an aromatic ring is 1. The molecule has 0 unspecified atom stereocenters. The van der Waals surface area contributed by atoms with Gasteiger partial charge in [-0.3, -0.25) is 0 Å². The summed E-state index contributed by atoms with van der Waals surface area (Å²) in [5, 5.41) is 0. The molecule has 3 aromatic rings. The molecule has 3 rings (SSSR count). The average Bonchev–Trinajstić information content (AvgIpc) is 2.87. The van der Waals surface area contributed by atoms with Gasteiger partial charge in [-0.15, -0.1) is 0 Å². The Morgan fingerprint density at radius 1 is 1.10 bits per heavy atom. The molecule has 0 fully saturated rings. The Hall–Kier alpha value is -2.20. The number of nitrogens with zero attached hydrogens (tertiary/aromatic N) is 1. The van der Waals surface area contributed by atoms with Crippen LogP contribution in [-0.4, -0.2) is 14.8 Å². The lowest BCUT2D eigenvalue weighted by molar-refractivity contribution is 1.29. The minimum absolute atomic E-state index is 0.667. The third kappa shape index (κ3) is 1.98. The fourth-order valence-electron chi connectivity index (χ4n) is 2.31. The van der Waals surface area contributed by atoms with Gasteiger partial charge in [-0.05, 0) is 37.1 Å². The second-order valence-electron chi connectivity index (χ2n) is 4.92. The summed E-state index contributed by atoms with van der Waals surface area (Å²) in [4.78, 5) is 8.48. The highest BCUT2D eigenvalue weighted by molar-refractivity contribution is 7.81. The molecular weight excluding hydrogens is 266 g/mol. The van der Waals surface area contributed by atoms with Crippen molar-refractivity contribution in [1.29, 1.82) is 0 Å². The molecule has 0 aliphatic heterocycles. The zero-order chi connectivity index (χ0) is 14.3. The Bertz CT molecular complexity index is 785. The van der Waals surface area contributed by atoms with Gasteiger partial charge in [0.25, 0.3) is 0 Å². The number of nitrogens with one attached hydrogen (secondary N) is 1. The van der Waals surface area contributed by atoms with E-state index in [-0.39, 0.29) is 0 Å². The first-order valence-electron chi connectivity index (χ1n) is 6.43. The summed E-state index contributed by atoms with van der Waals surface area (Å²) in [5.74, 6) is 0.696. The van der Waals surface area contributed by atoms with Gasteiger partial charge in [-0.2, -0.15) is 0 Å². The van der Waals surface area contributed by atoms with Crippen LogP contribution >= 0.6 is 12.2 Å². The minimum Gasteiger partial charge on any atom is -0.398 e. The third-order valence-electron chi connectivity index (χ3n) is 3.50. The second-order valence-corrected chi connectivity index (χ2v) is 5.33. The maximum absolute atomic E-state index is 6.19.